The Morgan fingerprint density at radius 2 is 2.00 bits per heavy atom. The lowest BCUT2D eigenvalue weighted by molar-refractivity contribution is -0.124. The van der Waals surface area contributed by atoms with Crippen LogP contribution in [0.5, 0.6) is 0 Å². The molecule has 0 spiro atoms. The number of guanidine groups is 1. The second-order valence-corrected chi connectivity index (χ2v) is 6.71. The Bertz CT molecular complexity index is 883. The van der Waals surface area contributed by atoms with Gasteiger partial charge in [0, 0.05) is 38.0 Å². The minimum atomic E-state index is -0.493. The predicted molar refractivity (Wildman–Crippen MR) is 107 cm³/mol. The van der Waals surface area contributed by atoms with Gasteiger partial charge in [-0.25, -0.2) is 8.78 Å². The van der Waals surface area contributed by atoms with E-state index in [1.165, 1.54) is 0 Å². The Hall–Kier alpha value is -3.00. The quantitative estimate of drug-likeness (QED) is 0.513. The summed E-state index contributed by atoms with van der Waals surface area (Å²) in [6, 6.07) is 10.8. The van der Waals surface area contributed by atoms with E-state index in [9.17, 15) is 13.6 Å². The molecule has 6 nitrogen and oxygen atoms in total. The molecule has 1 fully saturated rings. The summed E-state index contributed by atoms with van der Waals surface area (Å²) in [6.45, 7) is 1.16. The van der Waals surface area contributed by atoms with Crippen molar-refractivity contribution in [2.45, 2.75) is 32.0 Å². The molecule has 1 saturated heterocycles. The first kappa shape index (κ1) is 20.7. The first-order chi connectivity index (χ1) is 14.0. The predicted octanol–water partition coefficient (Wildman–Crippen LogP) is 2.95. The van der Waals surface area contributed by atoms with Crippen LogP contribution in [0.1, 0.15) is 24.0 Å². The summed E-state index contributed by atoms with van der Waals surface area (Å²) < 4.78 is 32.4. The molecule has 8 heteroatoms. The van der Waals surface area contributed by atoms with Crippen LogP contribution in [0.3, 0.4) is 0 Å². The van der Waals surface area contributed by atoms with Crippen LogP contribution in [0.4, 0.5) is 14.5 Å². The molecule has 2 aromatic carbocycles. The van der Waals surface area contributed by atoms with Gasteiger partial charge in [0.25, 0.3) is 5.91 Å². The number of hydrogen-bond donors (Lipinski definition) is 3. The van der Waals surface area contributed by atoms with Gasteiger partial charge in [0.05, 0.1) is 0 Å². The summed E-state index contributed by atoms with van der Waals surface area (Å²) in [5.74, 6) is -0.665. The third-order valence-corrected chi connectivity index (χ3v) is 4.55. The fraction of sp³-hybridized carbons (Fsp3) is 0.333. The highest BCUT2D eigenvalue weighted by molar-refractivity contribution is 5.94. The average molecular weight is 402 g/mol. The lowest BCUT2D eigenvalue weighted by atomic mass is 10.2. The monoisotopic (exact) mass is 402 g/mol. The second-order valence-electron chi connectivity index (χ2n) is 6.71. The molecule has 0 radical (unpaired) electrons. The fourth-order valence-electron chi connectivity index (χ4n) is 3.03. The van der Waals surface area contributed by atoms with E-state index in [-0.39, 0.29) is 24.1 Å². The molecule has 29 heavy (non-hydrogen) atoms. The maximum absolute atomic E-state index is 13.7. The highest BCUT2D eigenvalue weighted by Crippen LogP contribution is 2.16. The van der Waals surface area contributed by atoms with Crippen molar-refractivity contribution in [2.24, 2.45) is 4.99 Å². The largest absolute Gasteiger partial charge is 0.368 e. The van der Waals surface area contributed by atoms with E-state index in [4.69, 9.17) is 4.74 Å². The van der Waals surface area contributed by atoms with Gasteiger partial charge in [0.15, 0.2) is 5.96 Å². The van der Waals surface area contributed by atoms with Gasteiger partial charge < -0.3 is 20.7 Å². The highest BCUT2D eigenvalue weighted by Gasteiger charge is 2.23. The third-order valence-electron chi connectivity index (χ3n) is 4.55. The summed E-state index contributed by atoms with van der Waals surface area (Å²) in [7, 11) is 1.59. The number of carbonyl (C=O) groups excluding carboxylic acids is 1. The molecule has 0 aromatic heterocycles. The summed E-state index contributed by atoms with van der Waals surface area (Å²) >= 11 is 0. The first-order valence-electron chi connectivity index (χ1n) is 9.45. The van der Waals surface area contributed by atoms with Gasteiger partial charge in [0.2, 0.25) is 0 Å². The van der Waals surface area contributed by atoms with Crippen LogP contribution in [-0.2, 0) is 22.6 Å². The molecule has 3 rings (SSSR count). The van der Waals surface area contributed by atoms with E-state index in [0.29, 0.717) is 24.8 Å². The number of anilines is 1. The lowest BCUT2D eigenvalue weighted by Gasteiger charge is -2.14. The van der Waals surface area contributed by atoms with E-state index in [1.807, 2.05) is 24.3 Å². The number of ether oxygens (including phenoxy) is 1. The van der Waals surface area contributed by atoms with Crippen LogP contribution in [0, 0.1) is 11.6 Å². The minimum absolute atomic E-state index is 0.0980. The Morgan fingerprint density at radius 3 is 2.76 bits per heavy atom. The highest BCUT2D eigenvalue weighted by atomic mass is 19.1. The van der Waals surface area contributed by atoms with Gasteiger partial charge in [-0.05, 0) is 48.7 Å². The molecule has 1 aliphatic rings. The number of nitrogens with one attached hydrogen (secondary N) is 3. The van der Waals surface area contributed by atoms with E-state index >= 15 is 0 Å². The molecule has 1 heterocycles. The summed E-state index contributed by atoms with van der Waals surface area (Å²) in [5.41, 5.74) is 1.83. The number of carbonyl (C=O) groups is 1. The van der Waals surface area contributed by atoms with Crippen molar-refractivity contribution >= 4 is 17.6 Å². The van der Waals surface area contributed by atoms with Crippen LogP contribution < -0.4 is 16.0 Å². The van der Waals surface area contributed by atoms with E-state index < -0.39 is 11.6 Å². The molecule has 2 aromatic rings. The fourth-order valence-corrected chi connectivity index (χ4v) is 3.03. The SMILES string of the molecule is CN=C(NCc1cccc(NC(=O)C2CCCO2)c1)NCc1cc(F)ccc1F. The van der Waals surface area contributed by atoms with Crippen molar-refractivity contribution in [2.75, 3.05) is 19.0 Å². The molecule has 1 atom stereocenters. The Kier molecular flexibility index (Phi) is 7.13. The Labute approximate surface area is 168 Å². The summed E-state index contributed by atoms with van der Waals surface area (Å²) in [6.07, 6.45) is 1.25. The third kappa shape index (κ3) is 5.99. The van der Waals surface area contributed by atoms with Crippen molar-refractivity contribution in [3.8, 4) is 0 Å². The minimum Gasteiger partial charge on any atom is -0.368 e. The van der Waals surface area contributed by atoms with Crippen LogP contribution in [0.15, 0.2) is 47.5 Å². The van der Waals surface area contributed by atoms with Gasteiger partial charge >= 0.3 is 0 Å². The second kappa shape index (κ2) is 9.97. The number of amides is 1. The van der Waals surface area contributed by atoms with Gasteiger partial charge in [-0.1, -0.05) is 12.1 Å². The van der Waals surface area contributed by atoms with Crippen molar-refractivity contribution < 1.29 is 18.3 Å². The zero-order valence-electron chi connectivity index (χ0n) is 16.2. The number of hydrogen-bond acceptors (Lipinski definition) is 3. The molecule has 1 aliphatic heterocycles. The average Bonchev–Trinajstić information content (AvgIpc) is 3.26. The molecule has 1 amide bonds. The molecular weight excluding hydrogens is 378 g/mol. The Balaban J connectivity index is 1.52. The van der Waals surface area contributed by atoms with Crippen molar-refractivity contribution in [3.63, 3.8) is 0 Å². The van der Waals surface area contributed by atoms with E-state index in [2.05, 4.69) is 20.9 Å². The molecule has 3 N–H and O–H groups in total. The number of halogens is 2. The summed E-state index contributed by atoms with van der Waals surface area (Å²) in [4.78, 5) is 16.3. The lowest BCUT2D eigenvalue weighted by Crippen LogP contribution is -2.36. The molecule has 0 aliphatic carbocycles. The van der Waals surface area contributed by atoms with Crippen molar-refractivity contribution in [1.29, 1.82) is 0 Å². The zero-order chi connectivity index (χ0) is 20.6. The van der Waals surface area contributed by atoms with Crippen molar-refractivity contribution in [1.82, 2.24) is 10.6 Å². The molecule has 1 unspecified atom stereocenters. The zero-order valence-corrected chi connectivity index (χ0v) is 16.2. The maximum atomic E-state index is 13.7. The van der Waals surface area contributed by atoms with Gasteiger partial charge in [0.1, 0.15) is 17.7 Å². The van der Waals surface area contributed by atoms with Crippen molar-refractivity contribution in [3.05, 3.63) is 65.2 Å². The van der Waals surface area contributed by atoms with E-state index in [0.717, 1.165) is 36.6 Å². The standard InChI is InChI=1S/C21H24F2N4O2/c1-24-21(26-13-15-11-16(22)7-8-18(15)23)25-12-14-4-2-5-17(10-14)27-20(28)19-6-3-9-29-19/h2,4-5,7-8,10-11,19H,3,6,9,12-13H2,1H3,(H,27,28)(H2,24,25,26). The van der Waals surface area contributed by atoms with Gasteiger partial charge in [-0.2, -0.15) is 0 Å². The number of nitrogens with zero attached hydrogens (tertiary/aromatic N) is 1. The number of aliphatic imine (C=N–C) groups is 1. The molecular formula is C21H24F2N4O2. The molecule has 0 saturated carbocycles. The topological polar surface area (TPSA) is 74.8 Å². The smallest absolute Gasteiger partial charge is 0.253 e. The van der Waals surface area contributed by atoms with E-state index in [1.54, 1.807) is 7.05 Å². The first-order valence-corrected chi connectivity index (χ1v) is 9.45. The number of benzene rings is 2. The van der Waals surface area contributed by atoms with Gasteiger partial charge in [-0.15, -0.1) is 0 Å². The maximum Gasteiger partial charge on any atom is 0.253 e. The van der Waals surface area contributed by atoms with Crippen LogP contribution in [0.25, 0.3) is 0 Å². The summed E-state index contributed by atoms with van der Waals surface area (Å²) in [5, 5.41) is 8.93. The van der Waals surface area contributed by atoms with Crippen LogP contribution in [-0.4, -0.2) is 31.6 Å². The Morgan fingerprint density at radius 1 is 1.17 bits per heavy atom. The molecule has 154 valence electrons. The molecule has 0 bridgehead atoms. The van der Waals surface area contributed by atoms with Crippen LogP contribution >= 0.6 is 0 Å². The number of rotatable bonds is 6. The van der Waals surface area contributed by atoms with Gasteiger partial charge in [-0.3, -0.25) is 9.79 Å². The normalized spacial score (nSPS) is 16.5. The van der Waals surface area contributed by atoms with Crippen LogP contribution in [0.2, 0.25) is 0 Å².